The molecule has 1 unspecified atom stereocenters. The number of benzene rings is 1. The Kier molecular flexibility index (Phi) is 3.62. The fourth-order valence-electron chi connectivity index (χ4n) is 2.41. The van der Waals surface area contributed by atoms with Gasteiger partial charge in [0.2, 0.25) is 0 Å². The standard InChI is InChI=1S/C15H19NO/c1-3-13-8-4-5-9-14(13)15(17)16-10-6-7-12(2)11-16/h3-5,8-9,12H,1,6-7,10-11H2,2H3. The highest BCUT2D eigenvalue weighted by molar-refractivity contribution is 5.97. The Hall–Kier alpha value is -1.57. The number of nitrogens with zero attached hydrogens (tertiary/aromatic N) is 1. The fraction of sp³-hybridized carbons (Fsp3) is 0.400. The van der Waals surface area contributed by atoms with Crippen LogP contribution in [0.5, 0.6) is 0 Å². The van der Waals surface area contributed by atoms with E-state index in [-0.39, 0.29) is 5.91 Å². The van der Waals surface area contributed by atoms with E-state index in [1.54, 1.807) is 6.08 Å². The van der Waals surface area contributed by atoms with Crippen LogP contribution in [0.4, 0.5) is 0 Å². The first-order valence-corrected chi connectivity index (χ1v) is 6.23. The predicted octanol–water partition coefficient (Wildman–Crippen LogP) is 3.20. The summed E-state index contributed by atoms with van der Waals surface area (Å²) in [7, 11) is 0. The Balaban J connectivity index is 2.21. The van der Waals surface area contributed by atoms with Gasteiger partial charge in [-0.2, -0.15) is 0 Å². The van der Waals surface area contributed by atoms with Crippen molar-refractivity contribution in [2.24, 2.45) is 5.92 Å². The van der Waals surface area contributed by atoms with E-state index in [0.717, 1.165) is 30.6 Å². The minimum absolute atomic E-state index is 0.145. The highest BCUT2D eigenvalue weighted by atomic mass is 16.2. The molecule has 2 rings (SSSR count). The van der Waals surface area contributed by atoms with Gasteiger partial charge < -0.3 is 4.90 Å². The van der Waals surface area contributed by atoms with Crippen molar-refractivity contribution in [3.63, 3.8) is 0 Å². The molecule has 1 fully saturated rings. The number of hydrogen-bond donors (Lipinski definition) is 0. The summed E-state index contributed by atoms with van der Waals surface area (Å²) in [6.45, 7) is 7.73. The van der Waals surface area contributed by atoms with Crippen LogP contribution in [-0.2, 0) is 0 Å². The molecular formula is C15H19NO. The summed E-state index contributed by atoms with van der Waals surface area (Å²) in [6.07, 6.45) is 4.09. The summed E-state index contributed by atoms with van der Waals surface area (Å²) >= 11 is 0. The van der Waals surface area contributed by atoms with Gasteiger partial charge in [0, 0.05) is 18.7 Å². The van der Waals surface area contributed by atoms with Gasteiger partial charge in [-0.3, -0.25) is 4.79 Å². The average Bonchev–Trinajstić information content (AvgIpc) is 2.38. The third-order valence-corrected chi connectivity index (χ3v) is 3.36. The topological polar surface area (TPSA) is 20.3 Å². The van der Waals surface area contributed by atoms with Crippen LogP contribution in [0, 0.1) is 5.92 Å². The van der Waals surface area contributed by atoms with Gasteiger partial charge in [0.05, 0.1) is 0 Å². The molecule has 1 amide bonds. The van der Waals surface area contributed by atoms with Gasteiger partial charge in [-0.25, -0.2) is 0 Å². The molecule has 90 valence electrons. The van der Waals surface area contributed by atoms with Crippen molar-refractivity contribution in [2.75, 3.05) is 13.1 Å². The molecule has 0 aliphatic carbocycles. The molecule has 17 heavy (non-hydrogen) atoms. The molecule has 1 saturated heterocycles. The Morgan fingerprint density at radius 3 is 2.94 bits per heavy atom. The number of carbonyl (C=O) groups is 1. The lowest BCUT2D eigenvalue weighted by molar-refractivity contribution is 0.0683. The molecule has 2 nitrogen and oxygen atoms in total. The van der Waals surface area contributed by atoms with E-state index >= 15 is 0 Å². The molecular weight excluding hydrogens is 210 g/mol. The predicted molar refractivity (Wildman–Crippen MR) is 70.8 cm³/mol. The zero-order valence-electron chi connectivity index (χ0n) is 10.4. The first kappa shape index (κ1) is 11.9. The van der Waals surface area contributed by atoms with Crippen molar-refractivity contribution < 1.29 is 4.79 Å². The molecule has 0 saturated carbocycles. The zero-order valence-corrected chi connectivity index (χ0v) is 10.4. The summed E-state index contributed by atoms with van der Waals surface area (Å²) < 4.78 is 0. The number of carbonyl (C=O) groups excluding carboxylic acids is 1. The number of hydrogen-bond acceptors (Lipinski definition) is 1. The van der Waals surface area contributed by atoms with E-state index in [0.29, 0.717) is 5.92 Å². The molecule has 1 atom stereocenters. The van der Waals surface area contributed by atoms with Crippen molar-refractivity contribution in [3.8, 4) is 0 Å². The van der Waals surface area contributed by atoms with Gasteiger partial charge in [0.25, 0.3) is 5.91 Å². The third kappa shape index (κ3) is 2.57. The second-order valence-corrected chi connectivity index (χ2v) is 4.79. The van der Waals surface area contributed by atoms with Crippen LogP contribution in [0.25, 0.3) is 6.08 Å². The van der Waals surface area contributed by atoms with E-state index in [2.05, 4.69) is 13.5 Å². The normalized spacial score (nSPS) is 20.1. The van der Waals surface area contributed by atoms with E-state index in [1.807, 2.05) is 29.2 Å². The monoisotopic (exact) mass is 229 g/mol. The average molecular weight is 229 g/mol. The molecule has 1 aromatic carbocycles. The van der Waals surface area contributed by atoms with Gasteiger partial charge in [0.15, 0.2) is 0 Å². The Morgan fingerprint density at radius 1 is 1.47 bits per heavy atom. The minimum atomic E-state index is 0.145. The van der Waals surface area contributed by atoms with Crippen LogP contribution in [-0.4, -0.2) is 23.9 Å². The number of rotatable bonds is 2. The van der Waals surface area contributed by atoms with Crippen molar-refractivity contribution in [1.82, 2.24) is 4.90 Å². The van der Waals surface area contributed by atoms with Crippen LogP contribution in [0.1, 0.15) is 35.7 Å². The molecule has 0 aromatic heterocycles. The quantitative estimate of drug-likeness (QED) is 0.762. The van der Waals surface area contributed by atoms with Crippen molar-refractivity contribution in [3.05, 3.63) is 42.0 Å². The van der Waals surface area contributed by atoms with Crippen LogP contribution < -0.4 is 0 Å². The molecule has 2 heteroatoms. The van der Waals surface area contributed by atoms with Gasteiger partial charge >= 0.3 is 0 Å². The highest BCUT2D eigenvalue weighted by Crippen LogP contribution is 2.19. The van der Waals surface area contributed by atoms with Crippen LogP contribution in [0.2, 0.25) is 0 Å². The maximum absolute atomic E-state index is 12.4. The van der Waals surface area contributed by atoms with Crippen LogP contribution >= 0.6 is 0 Å². The molecule has 0 radical (unpaired) electrons. The zero-order chi connectivity index (χ0) is 12.3. The summed E-state index contributed by atoms with van der Waals surface area (Å²) in [5.74, 6) is 0.760. The number of piperidine rings is 1. The number of likely N-dealkylation sites (tertiary alicyclic amines) is 1. The number of amides is 1. The second-order valence-electron chi connectivity index (χ2n) is 4.79. The van der Waals surface area contributed by atoms with E-state index in [1.165, 1.54) is 6.42 Å². The Labute approximate surface area is 103 Å². The maximum atomic E-state index is 12.4. The van der Waals surface area contributed by atoms with Gasteiger partial charge in [-0.1, -0.05) is 37.8 Å². The summed E-state index contributed by atoms with van der Waals surface area (Å²) in [5, 5.41) is 0. The summed E-state index contributed by atoms with van der Waals surface area (Å²) in [5.41, 5.74) is 1.70. The van der Waals surface area contributed by atoms with Crippen molar-refractivity contribution in [1.29, 1.82) is 0 Å². The van der Waals surface area contributed by atoms with E-state index < -0.39 is 0 Å². The molecule has 1 aliphatic rings. The molecule has 1 aromatic rings. The van der Waals surface area contributed by atoms with Crippen LogP contribution in [0.3, 0.4) is 0 Å². The van der Waals surface area contributed by atoms with E-state index in [9.17, 15) is 4.79 Å². The van der Waals surface area contributed by atoms with Gasteiger partial charge in [-0.05, 0) is 30.4 Å². The largest absolute Gasteiger partial charge is 0.338 e. The maximum Gasteiger partial charge on any atom is 0.254 e. The molecule has 0 N–H and O–H groups in total. The smallest absolute Gasteiger partial charge is 0.254 e. The highest BCUT2D eigenvalue weighted by Gasteiger charge is 2.22. The molecule has 0 bridgehead atoms. The van der Waals surface area contributed by atoms with E-state index in [4.69, 9.17) is 0 Å². The van der Waals surface area contributed by atoms with Crippen molar-refractivity contribution >= 4 is 12.0 Å². The van der Waals surface area contributed by atoms with Crippen molar-refractivity contribution in [2.45, 2.75) is 19.8 Å². The Bertz CT molecular complexity index is 425. The van der Waals surface area contributed by atoms with Crippen LogP contribution in [0.15, 0.2) is 30.8 Å². The van der Waals surface area contributed by atoms with Gasteiger partial charge in [-0.15, -0.1) is 0 Å². The fourth-order valence-corrected chi connectivity index (χ4v) is 2.41. The summed E-state index contributed by atoms with van der Waals surface area (Å²) in [4.78, 5) is 14.4. The Morgan fingerprint density at radius 2 is 2.24 bits per heavy atom. The minimum Gasteiger partial charge on any atom is -0.338 e. The lowest BCUT2D eigenvalue weighted by Crippen LogP contribution is -2.39. The summed E-state index contributed by atoms with van der Waals surface area (Å²) in [6, 6.07) is 7.67. The van der Waals surface area contributed by atoms with Gasteiger partial charge in [0.1, 0.15) is 0 Å². The molecule has 1 heterocycles. The lowest BCUT2D eigenvalue weighted by Gasteiger charge is -2.31. The first-order valence-electron chi connectivity index (χ1n) is 6.23. The molecule has 1 aliphatic heterocycles. The second kappa shape index (κ2) is 5.17. The first-order chi connectivity index (χ1) is 8.22. The third-order valence-electron chi connectivity index (χ3n) is 3.36. The lowest BCUT2D eigenvalue weighted by atomic mass is 9.98. The molecule has 0 spiro atoms. The SMILES string of the molecule is C=Cc1ccccc1C(=O)N1CCCC(C)C1.